The van der Waals surface area contributed by atoms with E-state index in [1.54, 1.807) is 36.4 Å². The molecule has 3 fully saturated rings. The summed E-state index contributed by atoms with van der Waals surface area (Å²) in [5.41, 5.74) is 1.51. The first kappa shape index (κ1) is 36.1. The Labute approximate surface area is 297 Å². The molecule has 266 valence electrons. The molecule has 0 spiro atoms. The van der Waals surface area contributed by atoms with Crippen molar-refractivity contribution in [3.63, 3.8) is 0 Å². The zero-order valence-corrected chi connectivity index (χ0v) is 30.2. The van der Waals surface area contributed by atoms with E-state index in [9.17, 15) is 26.7 Å². The van der Waals surface area contributed by atoms with Crippen LogP contribution in [0.1, 0.15) is 64.2 Å². The topological polar surface area (TPSA) is 163 Å². The summed E-state index contributed by atoms with van der Waals surface area (Å²) in [4.78, 5) is 13.5. The monoisotopic (exact) mass is 753 g/mol. The largest absolute Gasteiger partial charge is 0.481 e. The van der Waals surface area contributed by atoms with Crippen LogP contribution in [0, 0.1) is 17.8 Å². The fraction of sp³-hybridized carbons (Fsp3) is 0.545. The minimum Gasteiger partial charge on any atom is -0.481 e. The highest BCUT2D eigenvalue weighted by Gasteiger charge is 2.35. The maximum Gasteiger partial charge on any atom is 0.306 e. The molecule has 1 aliphatic carbocycles. The van der Waals surface area contributed by atoms with E-state index in [4.69, 9.17) is 27.8 Å². The van der Waals surface area contributed by atoms with Crippen LogP contribution in [0.2, 0.25) is 10.0 Å². The average Bonchev–Trinajstić information content (AvgIpc) is 3.76. The van der Waals surface area contributed by atoms with Crippen LogP contribution in [0.15, 0.2) is 57.0 Å². The molecule has 49 heavy (non-hydrogen) atoms. The number of nitrogens with zero attached hydrogens (tertiary/aromatic N) is 4. The molecule has 0 radical (unpaired) electrons. The standard InChI is InChI=1S/C33H41Cl2N5O7S2/c34-26-6-2-5-24(19-26)31-32(37-47-36-31)49(45,46)40-17-13-23(14-18-40)4-1-3-22-11-15-39(16-12-22)30-10-9-28(21-29(30)35)48(43,44)38-27-8-7-25(20-27)33(41)42/h2,5-6,9-10,19,21-23,25,27,38H,1,3-4,7-8,11-18,20H2,(H,41,42). The van der Waals surface area contributed by atoms with Gasteiger partial charge in [0.05, 0.1) is 21.5 Å². The number of halogens is 2. The molecule has 2 aromatic carbocycles. The van der Waals surface area contributed by atoms with E-state index in [1.807, 2.05) is 0 Å². The number of nitrogens with one attached hydrogen (secondary N) is 1. The lowest BCUT2D eigenvalue weighted by Gasteiger charge is -2.35. The van der Waals surface area contributed by atoms with Gasteiger partial charge in [0, 0.05) is 42.8 Å². The van der Waals surface area contributed by atoms with Gasteiger partial charge >= 0.3 is 5.97 Å². The molecule has 0 bridgehead atoms. The van der Waals surface area contributed by atoms with Gasteiger partial charge in [-0.2, -0.15) is 4.31 Å². The van der Waals surface area contributed by atoms with Gasteiger partial charge in [0.2, 0.25) is 15.0 Å². The van der Waals surface area contributed by atoms with Crippen LogP contribution in [0.5, 0.6) is 0 Å². The zero-order valence-electron chi connectivity index (χ0n) is 27.0. The molecule has 12 nitrogen and oxygen atoms in total. The van der Waals surface area contributed by atoms with Gasteiger partial charge in [0.15, 0.2) is 5.69 Å². The highest BCUT2D eigenvalue weighted by molar-refractivity contribution is 7.89. The quantitative estimate of drug-likeness (QED) is 0.222. The van der Waals surface area contributed by atoms with Crippen molar-refractivity contribution in [2.75, 3.05) is 31.1 Å². The van der Waals surface area contributed by atoms with Crippen LogP contribution >= 0.6 is 23.2 Å². The van der Waals surface area contributed by atoms with E-state index >= 15 is 0 Å². The van der Waals surface area contributed by atoms with Crippen molar-refractivity contribution in [2.24, 2.45) is 17.8 Å². The number of sulfonamides is 2. The summed E-state index contributed by atoms with van der Waals surface area (Å²) >= 11 is 12.7. The number of carboxylic acid groups (broad SMARTS) is 1. The second kappa shape index (κ2) is 15.2. The third-order valence-corrected chi connectivity index (χ3v) is 14.1. The predicted molar refractivity (Wildman–Crippen MR) is 186 cm³/mol. The molecule has 2 saturated heterocycles. The fourth-order valence-corrected chi connectivity index (χ4v) is 10.7. The summed E-state index contributed by atoms with van der Waals surface area (Å²) in [6.07, 6.45) is 8.11. The summed E-state index contributed by atoms with van der Waals surface area (Å²) in [6, 6.07) is 11.2. The molecule has 3 aliphatic rings. The summed E-state index contributed by atoms with van der Waals surface area (Å²) in [5.74, 6) is -0.362. The smallest absolute Gasteiger partial charge is 0.306 e. The average molecular weight is 755 g/mol. The number of carboxylic acids is 1. The lowest BCUT2D eigenvalue weighted by molar-refractivity contribution is -0.141. The SMILES string of the molecule is O=C(O)C1CCC(NS(=O)(=O)c2ccc(N3CCC(CCCC4CCN(S(=O)(=O)c5nonc5-c5cccc(Cl)c5)CC4)CC3)c(Cl)c2)C1. The van der Waals surface area contributed by atoms with Crippen molar-refractivity contribution in [3.05, 3.63) is 52.5 Å². The highest BCUT2D eigenvalue weighted by atomic mass is 35.5. The fourth-order valence-electron chi connectivity index (χ4n) is 7.39. The van der Waals surface area contributed by atoms with Crippen molar-refractivity contribution >= 4 is 54.9 Å². The number of aromatic nitrogens is 2. The number of hydrogen-bond donors (Lipinski definition) is 2. The number of aliphatic carboxylic acids is 1. The number of piperidine rings is 2. The summed E-state index contributed by atoms with van der Waals surface area (Å²) < 4.78 is 61.8. The molecule has 16 heteroatoms. The Morgan fingerprint density at radius 1 is 0.898 bits per heavy atom. The van der Waals surface area contributed by atoms with Gasteiger partial charge in [-0.3, -0.25) is 4.79 Å². The normalized spacial score (nSPS) is 21.7. The Bertz CT molecular complexity index is 1860. The van der Waals surface area contributed by atoms with Gasteiger partial charge in [-0.15, -0.1) is 0 Å². The Hall–Kier alpha value is -2.75. The van der Waals surface area contributed by atoms with Gasteiger partial charge in [-0.05, 0) is 97.4 Å². The summed E-state index contributed by atoms with van der Waals surface area (Å²) in [7, 11) is -7.68. The molecular formula is C33H41Cl2N5O7S2. The van der Waals surface area contributed by atoms with Gasteiger partial charge in [0.1, 0.15) is 0 Å². The van der Waals surface area contributed by atoms with Gasteiger partial charge in [-0.25, -0.2) is 26.2 Å². The zero-order chi connectivity index (χ0) is 34.8. The number of benzene rings is 2. The van der Waals surface area contributed by atoms with E-state index in [2.05, 4.69) is 19.9 Å². The first-order valence-electron chi connectivity index (χ1n) is 16.8. The molecular weight excluding hydrogens is 713 g/mol. The molecule has 1 saturated carbocycles. The highest BCUT2D eigenvalue weighted by Crippen LogP contribution is 2.35. The van der Waals surface area contributed by atoms with Crippen molar-refractivity contribution < 1.29 is 31.4 Å². The van der Waals surface area contributed by atoms with E-state index in [0.29, 0.717) is 53.4 Å². The molecule has 3 heterocycles. The number of rotatable bonds is 12. The first-order valence-corrected chi connectivity index (χ1v) is 20.5. The van der Waals surface area contributed by atoms with Gasteiger partial charge < -0.3 is 10.0 Å². The maximum atomic E-state index is 13.4. The van der Waals surface area contributed by atoms with Crippen molar-refractivity contribution in [2.45, 2.75) is 80.2 Å². The molecule has 6 rings (SSSR count). The summed E-state index contributed by atoms with van der Waals surface area (Å²) in [5, 5.41) is 17.5. The van der Waals surface area contributed by atoms with Gasteiger partial charge in [0.25, 0.3) is 10.0 Å². The lowest BCUT2D eigenvalue weighted by Crippen LogP contribution is -2.38. The molecule has 2 unspecified atom stereocenters. The Balaban J connectivity index is 0.933. The van der Waals surface area contributed by atoms with Crippen LogP contribution in [0.3, 0.4) is 0 Å². The van der Waals surface area contributed by atoms with Gasteiger partial charge in [-0.1, -0.05) is 54.6 Å². The lowest BCUT2D eigenvalue weighted by atomic mass is 9.87. The van der Waals surface area contributed by atoms with Crippen molar-refractivity contribution in [1.29, 1.82) is 0 Å². The van der Waals surface area contributed by atoms with Crippen LogP contribution in [-0.2, 0) is 24.8 Å². The molecule has 3 aromatic rings. The van der Waals surface area contributed by atoms with E-state index in [-0.39, 0.29) is 22.0 Å². The van der Waals surface area contributed by atoms with Crippen molar-refractivity contribution in [3.8, 4) is 11.3 Å². The minimum absolute atomic E-state index is 0.0794. The van der Waals surface area contributed by atoms with E-state index < -0.39 is 38.0 Å². The second-order valence-corrected chi connectivity index (χ2v) is 17.8. The maximum absolute atomic E-state index is 13.4. The van der Waals surface area contributed by atoms with Crippen LogP contribution in [0.4, 0.5) is 5.69 Å². The number of hydrogen-bond acceptors (Lipinski definition) is 9. The van der Waals surface area contributed by atoms with Crippen molar-refractivity contribution in [1.82, 2.24) is 19.3 Å². The molecule has 2 atom stereocenters. The predicted octanol–water partition coefficient (Wildman–Crippen LogP) is 6.06. The number of carbonyl (C=O) groups is 1. The minimum atomic E-state index is -3.86. The van der Waals surface area contributed by atoms with Crippen LogP contribution in [-0.4, -0.2) is 74.8 Å². The van der Waals surface area contributed by atoms with Crippen LogP contribution < -0.4 is 9.62 Å². The van der Waals surface area contributed by atoms with E-state index in [0.717, 1.165) is 63.7 Å². The Kier molecular flexibility index (Phi) is 11.2. The Morgan fingerprint density at radius 2 is 1.59 bits per heavy atom. The molecule has 1 aromatic heterocycles. The second-order valence-electron chi connectivity index (χ2n) is 13.4. The van der Waals surface area contributed by atoms with E-state index in [1.165, 1.54) is 10.4 Å². The Morgan fingerprint density at radius 3 is 2.22 bits per heavy atom. The molecule has 2 N–H and O–H groups in total. The number of anilines is 1. The molecule has 2 aliphatic heterocycles. The summed E-state index contributed by atoms with van der Waals surface area (Å²) in [6.45, 7) is 2.52. The van der Waals surface area contributed by atoms with Crippen LogP contribution in [0.25, 0.3) is 11.3 Å². The first-order chi connectivity index (χ1) is 23.4. The third-order valence-electron chi connectivity index (χ3n) is 10.2. The molecule has 0 amide bonds. The third kappa shape index (κ3) is 8.42.